The smallest absolute Gasteiger partial charge is 0.261 e. The first kappa shape index (κ1) is 19.8. The second-order valence-corrected chi connectivity index (χ2v) is 8.21. The van der Waals surface area contributed by atoms with Crippen LogP contribution in [0, 0.1) is 0 Å². The lowest BCUT2D eigenvalue weighted by atomic mass is 10.0. The number of amides is 1. The Morgan fingerprint density at radius 1 is 1.07 bits per heavy atom. The molecular formula is C22H28FN3O4. The van der Waals surface area contributed by atoms with Crippen molar-refractivity contribution in [2.24, 2.45) is 0 Å². The number of nitrogens with one attached hydrogen (secondary N) is 2. The number of hydrogen-bond acceptors (Lipinski definition) is 6. The van der Waals surface area contributed by atoms with E-state index in [2.05, 4.69) is 10.6 Å². The summed E-state index contributed by atoms with van der Waals surface area (Å²) in [5.41, 5.74) is 4.11. The molecule has 0 aliphatic carbocycles. The van der Waals surface area contributed by atoms with Gasteiger partial charge < -0.3 is 29.7 Å². The number of benzene rings is 1. The Bertz CT molecular complexity index is 832. The van der Waals surface area contributed by atoms with Crippen LogP contribution in [0.3, 0.4) is 0 Å². The third kappa shape index (κ3) is 3.68. The highest BCUT2D eigenvalue weighted by atomic mass is 19.1. The van der Waals surface area contributed by atoms with Crippen molar-refractivity contribution in [3.05, 3.63) is 29.5 Å². The zero-order chi connectivity index (χ0) is 20.5. The van der Waals surface area contributed by atoms with E-state index >= 15 is 0 Å². The van der Waals surface area contributed by atoms with Gasteiger partial charge in [0.1, 0.15) is 6.17 Å². The van der Waals surface area contributed by atoms with Crippen LogP contribution in [0.15, 0.2) is 23.9 Å². The lowest BCUT2D eigenvalue weighted by Gasteiger charge is -2.31. The van der Waals surface area contributed by atoms with Crippen molar-refractivity contribution in [2.75, 3.05) is 56.4 Å². The van der Waals surface area contributed by atoms with Crippen LogP contribution in [0.25, 0.3) is 5.57 Å². The summed E-state index contributed by atoms with van der Waals surface area (Å²) in [6.45, 7) is 3.71. The molecule has 0 aromatic heterocycles. The predicted molar refractivity (Wildman–Crippen MR) is 111 cm³/mol. The van der Waals surface area contributed by atoms with Crippen molar-refractivity contribution in [2.45, 2.75) is 37.5 Å². The van der Waals surface area contributed by atoms with E-state index in [4.69, 9.17) is 14.2 Å². The fourth-order valence-electron chi connectivity index (χ4n) is 4.72. The minimum atomic E-state index is -1.04. The molecule has 0 bridgehead atoms. The van der Waals surface area contributed by atoms with Gasteiger partial charge in [0.15, 0.2) is 0 Å². The van der Waals surface area contributed by atoms with E-state index in [0.717, 1.165) is 35.5 Å². The van der Waals surface area contributed by atoms with E-state index in [9.17, 15) is 9.18 Å². The SMILES string of the molecule is O=C1/C(=C2/COCCN2)c2cc(NC3CCOCC3F)ccc2N1C1CCOCC1. The molecular weight excluding hydrogens is 389 g/mol. The van der Waals surface area contributed by atoms with Crippen molar-refractivity contribution in [3.63, 3.8) is 0 Å². The van der Waals surface area contributed by atoms with E-state index in [1.54, 1.807) is 0 Å². The van der Waals surface area contributed by atoms with Gasteiger partial charge in [-0.2, -0.15) is 0 Å². The standard InChI is InChI=1S/C22H28FN3O4/c23-17-12-29-9-5-18(17)25-14-1-2-20-16(11-14)21(19-13-30-10-6-24-19)22(27)26(20)15-3-7-28-8-4-15/h1-2,11,15,17-18,24-25H,3-10,12-13H2/b21-19-. The maximum atomic E-state index is 14.2. The third-order valence-corrected chi connectivity index (χ3v) is 6.29. The molecule has 0 radical (unpaired) electrons. The molecule has 1 aromatic carbocycles. The maximum absolute atomic E-state index is 14.2. The number of halogens is 1. The molecule has 5 rings (SSSR count). The molecule has 4 heterocycles. The lowest BCUT2D eigenvalue weighted by Crippen LogP contribution is -2.42. The summed E-state index contributed by atoms with van der Waals surface area (Å²) in [5, 5.41) is 6.66. The molecule has 1 amide bonds. The normalized spacial score (nSPS) is 30.2. The van der Waals surface area contributed by atoms with Crippen LogP contribution in [0.5, 0.6) is 0 Å². The lowest BCUT2D eigenvalue weighted by molar-refractivity contribution is -0.113. The van der Waals surface area contributed by atoms with Gasteiger partial charge in [-0.25, -0.2) is 4.39 Å². The zero-order valence-electron chi connectivity index (χ0n) is 17.0. The number of hydrogen-bond donors (Lipinski definition) is 2. The molecule has 0 saturated carbocycles. The molecule has 2 atom stereocenters. The van der Waals surface area contributed by atoms with E-state index < -0.39 is 6.17 Å². The van der Waals surface area contributed by atoms with Crippen LogP contribution in [0.1, 0.15) is 24.8 Å². The number of ether oxygens (including phenoxy) is 3. The van der Waals surface area contributed by atoms with E-state index in [0.29, 0.717) is 51.6 Å². The highest BCUT2D eigenvalue weighted by Crippen LogP contribution is 2.42. The van der Waals surface area contributed by atoms with Gasteiger partial charge in [0.05, 0.1) is 42.8 Å². The summed E-state index contributed by atoms with van der Waals surface area (Å²) >= 11 is 0. The molecule has 8 heteroatoms. The number of rotatable bonds is 3. The Morgan fingerprint density at radius 3 is 2.67 bits per heavy atom. The van der Waals surface area contributed by atoms with Crippen molar-refractivity contribution in [1.29, 1.82) is 0 Å². The topological polar surface area (TPSA) is 72.1 Å². The number of alkyl halides is 1. The largest absolute Gasteiger partial charge is 0.383 e. The minimum Gasteiger partial charge on any atom is -0.383 e. The number of carbonyl (C=O) groups is 1. The Labute approximate surface area is 175 Å². The fraction of sp³-hybridized carbons (Fsp3) is 0.591. The molecule has 7 nitrogen and oxygen atoms in total. The van der Waals surface area contributed by atoms with E-state index in [1.807, 2.05) is 23.1 Å². The number of anilines is 2. The second kappa shape index (κ2) is 8.53. The molecule has 3 saturated heterocycles. The van der Waals surface area contributed by atoms with Gasteiger partial charge >= 0.3 is 0 Å². The van der Waals surface area contributed by atoms with Gasteiger partial charge in [-0.1, -0.05) is 0 Å². The maximum Gasteiger partial charge on any atom is 0.261 e. The Hall–Kier alpha value is -2.16. The Morgan fingerprint density at radius 2 is 1.90 bits per heavy atom. The molecule has 1 aromatic rings. The van der Waals surface area contributed by atoms with Crippen molar-refractivity contribution in [3.8, 4) is 0 Å². The molecule has 3 fully saturated rings. The molecule has 162 valence electrons. The van der Waals surface area contributed by atoms with Crippen LogP contribution in [0.2, 0.25) is 0 Å². The number of morpholine rings is 1. The highest BCUT2D eigenvalue weighted by Gasteiger charge is 2.40. The number of carbonyl (C=O) groups excluding carboxylic acids is 1. The quantitative estimate of drug-likeness (QED) is 0.734. The minimum absolute atomic E-state index is 0.0106. The summed E-state index contributed by atoms with van der Waals surface area (Å²) in [5.74, 6) is 0.0106. The summed E-state index contributed by atoms with van der Waals surface area (Å²) in [7, 11) is 0. The van der Waals surface area contributed by atoms with Gasteiger partial charge in [-0.15, -0.1) is 0 Å². The fourth-order valence-corrected chi connectivity index (χ4v) is 4.72. The van der Waals surface area contributed by atoms with Crippen LogP contribution >= 0.6 is 0 Å². The summed E-state index contributed by atoms with van der Waals surface area (Å²) in [6.07, 6.45) is 1.22. The van der Waals surface area contributed by atoms with Gasteiger partial charge in [-0.05, 0) is 37.5 Å². The third-order valence-electron chi connectivity index (χ3n) is 6.29. The first-order chi connectivity index (χ1) is 14.7. The van der Waals surface area contributed by atoms with Gasteiger partial charge in [0.25, 0.3) is 5.91 Å². The Kier molecular flexibility index (Phi) is 5.62. The predicted octanol–water partition coefficient (Wildman–Crippen LogP) is 2.08. The van der Waals surface area contributed by atoms with E-state index in [-0.39, 0.29) is 24.6 Å². The van der Waals surface area contributed by atoms with Crippen molar-refractivity contribution in [1.82, 2.24) is 5.32 Å². The molecule has 4 aliphatic heterocycles. The van der Waals surface area contributed by atoms with Crippen molar-refractivity contribution < 1.29 is 23.4 Å². The van der Waals surface area contributed by atoms with Gasteiger partial charge in [-0.3, -0.25) is 4.79 Å². The molecule has 2 unspecified atom stereocenters. The average molecular weight is 417 g/mol. The van der Waals surface area contributed by atoms with Crippen LogP contribution in [-0.2, 0) is 19.0 Å². The Balaban J connectivity index is 1.50. The van der Waals surface area contributed by atoms with Gasteiger partial charge in [0.2, 0.25) is 0 Å². The molecule has 30 heavy (non-hydrogen) atoms. The monoisotopic (exact) mass is 417 g/mol. The van der Waals surface area contributed by atoms with E-state index in [1.165, 1.54) is 0 Å². The molecule has 4 aliphatic rings. The van der Waals surface area contributed by atoms with Crippen molar-refractivity contribution >= 4 is 22.9 Å². The average Bonchev–Trinajstić information content (AvgIpc) is 3.07. The summed E-state index contributed by atoms with van der Waals surface area (Å²) in [6, 6.07) is 5.74. The zero-order valence-corrected chi connectivity index (χ0v) is 17.0. The summed E-state index contributed by atoms with van der Waals surface area (Å²) in [4.78, 5) is 15.5. The number of nitrogens with zero attached hydrogens (tertiary/aromatic N) is 1. The second-order valence-electron chi connectivity index (χ2n) is 8.21. The molecule has 2 N–H and O–H groups in total. The van der Waals surface area contributed by atoms with Crippen LogP contribution < -0.4 is 15.5 Å². The van der Waals surface area contributed by atoms with Crippen LogP contribution in [0.4, 0.5) is 15.8 Å². The number of fused-ring (bicyclic) bond motifs is 1. The summed E-state index contributed by atoms with van der Waals surface area (Å²) < 4.78 is 30.6. The first-order valence-corrected chi connectivity index (χ1v) is 10.8. The highest BCUT2D eigenvalue weighted by molar-refractivity contribution is 6.33. The van der Waals surface area contributed by atoms with Crippen LogP contribution in [-0.4, -0.2) is 70.3 Å². The molecule has 0 spiro atoms. The van der Waals surface area contributed by atoms with Gasteiger partial charge in [0, 0.05) is 43.7 Å². The first-order valence-electron chi connectivity index (χ1n) is 10.8.